The van der Waals surface area contributed by atoms with Gasteiger partial charge in [-0.05, 0) is 44.9 Å². The number of benzene rings is 1. The third-order valence-electron chi connectivity index (χ3n) is 2.56. The van der Waals surface area contributed by atoms with Crippen molar-refractivity contribution >= 4 is 5.78 Å². The van der Waals surface area contributed by atoms with Crippen LogP contribution in [0.3, 0.4) is 0 Å². The monoisotopic (exact) mass is 235 g/mol. The summed E-state index contributed by atoms with van der Waals surface area (Å²) in [4.78, 5) is 12.2. The molecule has 0 unspecified atom stereocenters. The number of ketones is 1. The lowest BCUT2D eigenvalue weighted by Gasteiger charge is -2.19. The van der Waals surface area contributed by atoms with Crippen molar-refractivity contribution in [2.75, 3.05) is 7.11 Å². The summed E-state index contributed by atoms with van der Waals surface area (Å²) in [6, 6.07) is 3.86. The summed E-state index contributed by atoms with van der Waals surface area (Å²) < 4.78 is 5.28. The number of ether oxygens (including phenoxy) is 1. The Bertz CT molecular complexity index is 431. The molecule has 94 valence electrons. The molecule has 0 fully saturated rings. The molecule has 3 heteroatoms. The molecule has 3 nitrogen and oxygen atoms in total. The molecule has 0 saturated heterocycles. The number of Topliss-reactive ketones (excluding diaryl/α,β-unsaturated/α-hetero) is 1. The highest BCUT2D eigenvalue weighted by molar-refractivity contribution is 6.00. The van der Waals surface area contributed by atoms with Crippen LogP contribution in [0.1, 0.15) is 41.8 Å². The number of rotatable bonds is 4. The van der Waals surface area contributed by atoms with Crippen molar-refractivity contribution < 1.29 is 9.53 Å². The molecule has 0 aliphatic rings. The fourth-order valence-corrected chi connectivity index (χ4v) is 1.95. The van der Waals surface area contributed by atoms with Gasteiger partial charge in [0.2, 0.25) is 0 Å². The Labute approximate surface area is 103 Å². The van der Waals surface area contributed by atoms with E-state index in [4.69, 9.17) is 10.5 Å². The molecule has 1 aromatic rings. The lowest BCUT2D eigenvalue weighted by Crippen LogP contribution is -2.34. The van der Waals surface area contributed by atoms with Crippen LogP contribution in [0.15, 0.2) is 12.1 Å². The van der Waals surface area contributed by atoms with Gasteiger partial charge < -0.3 is 10.5 Å². The largest absolute Gasteiger partial charge is 0.496 e. The molecule has 0 bridgehead atoms. The van der Waals surface area contributed by atoms with Gasteiger partial charge in [-0.1, -0.05) is 6.07 Å². The highest BCUT2D eigenvalue weighted by atomic mass is 16.5. The number of hydrogen-bond donors (Lipinski definition) is 1. The van der Waals surface area contributed by atoms with Gasteiger partial charge in [0.05, 0.1) is 12.7 Å². The van der Waals surface area contributed by atoms with Crippen molar-refractivity contribution in [2.24, 2.45) is 5.73 Å². The minimum absolute atomic E-state index is 0.0341. The van der Waals surface area contributed by atoms with E-state index in [2.05, 4.69) is 0 Å². The second-order valence-electron chi connectivity index (χ2n) is 5.25. The minimum Gasteiger partial charge on any atom is -0.496 e. The zero-order valence-electron chi connectivity index (χ0n) is 11.3. The van der Waals surface area contributed by atoms with E-state index in [9.17, 15) is 4.79 Å². The normalized spacial score (nSPS) is 11.4. The van der Waals surface area contributed by atoms with Crippen molar-refractivity contribution in [1.29, 1.82) is 0 Å². The van der Waals surface area contributed by atoms with E-state index < -0.39 is 5.54 Å². The average Bonchev–Trinajstić information content (AvgIpc) is 2.12. The summed E-state index contributed by atoms with van der Waals surface area (Å²) in [7, 11) is 1.58. The van der Waals surface area contributed by atoms with Crippen LogP contribution in [-0.4, -0.2) is 18.4 Å². The highest BCUT2D eigenvalue weighted by Crippen LogP contribution is 2.26. The third kappa shape index (κ3) is 3.56. The van der Waals surface area contributed by atoms with E-state index in [-0.39, 0.29) is 5.78 Å². The SMILES string of the molecule is COc1cc(C)cc(C)c1C(=O)CC(C)(C)N. The van der Waals surface area contributed by atoms with Gasteiger partial charge in [0.25, 0.3) is 0 Å². The van der Waals surface area contributed by atoms with E-state index >= 15 is 0 Å². The predicted octanol–water partition coefficient (Wildman–Crippen LogP) is 2.62. The molecule has 0 aliphatic carbocycles. The summed E-state index contributed by atoms with van der Waals surface area (Å²) in [6.07, 6.45) is 0.313. The quantitative estimate of drug-likeness (QED) is 0.816. The molecule has 0 radical (unpaired) electrons. The van der Waals surface area contributed by atoms with Gasteiger partial charge in [-0.15, -0.1) is 0 Å². The molecule has 0 saturated carbocycles. The Kier molecular flexibility index (Phi) is 3.94. The first kappa shape index (κ1) is 13.7. The zero-order chi connectivity index (χ0) is 13.2. The fourth-order valence-electron chi connectivity index (χ4n) is 1.95. The third-order valence-corrected chi connectivity index (χ3v) is 2.56. The van der Waals surface area contributed by atoms with Gasteiger partial charge in [0.1, 0.15) is 5.75 Å². The van der Waals surface area contributed by atoms with Gasteiger partial charge >= 0.3 is 0 Å². The Balaban J connectivity index is 3.17. The van der Waals surface area contributed by atoms with Gasteiger partial charge in [-0.2, -0.15) is 0 Å². The molecule has 1 rings (SSSR count). The Morgan fingerprint density at radius 1 is 1.35 bits per heavy atom. The number of hydrogen-bond acceptors (Lipinski definition) is 3. The number of methoxy groups -OCH3 is 1. The van der Waals surface area contributed by atoms with Crippen LogP contribution in [0.5, 0.6) is 5.75 Å². The van der Waals surface area contributed by atoms with Crippen molar-refractivity contribution in [3.05, 3.63) is 28.8 Å². The van der Waals surface area contributed by atoms with Crippen LogP contribution < -0.4 is 10.5 Å². The van der Waals surface area contributed by atoms with Crippen LogP contribution in [0.4, 0.5) is 0 Å². The van der Waals surface area contributed by atoms with Gasteiger partial charge in [-0.3, -0.25) is 4.79 Å². The molecule has 0 heterocycles. The molecular formula is C14H21NO2. The summed E-state index contributed by atoms with van der Waals surface area (Å²) in [5.41, 5.74) is 8.06. The van der Waals surface area contributed by atoms with Gasteiger partial charge in [-0.25, -0.2) is 0 Å². The number of carbonyl (C=O) groups excluding carboxylic acids is 1. The van der Waals surface area contributed by atoms with E-state index in [1.807, 2.05) is 39.8 Å². The number of nitrogens with two attached hydrogens (primary N) is 1. The van der Waals surface area contributed by atoms with Crippen LogP contribution in [-0.2, 0) is 0 Å². The van der Waals surface area contributed by atoms with Gasteiger partial charge in [0.15, 0.2) is 5.78 Å². The first-order valence-corrected chi connectivity index (χ1v) is 5.72. The smallest absolute Gasteiger partial charge is 0.168 e. The van der Waals surface area contributed by atoms with Crippen molar-refractivity contribution in [3.63, 3.8) is 0 Å². The standard InChI is InChI=1S/C14H21NO2/c1-9-6-10(2)13(12(7-9)17-5)11(16)8-14(3,4)15/h6-7H,8,15H2,1-5H3. The second kappa shape index (κ2) is 4.88. The Hall–Kier alpha value is -1.35. The van der Waals surface area contributed by atoms with Crippen LogP contribution in [0.25, 0.3) is 0 Å². The highest BCUT2D eigenvalue weighted by Gasteiger charge is 2.22. The van der Waals surface area contributed by atoms with Gasteiger partial charge in [0, 0.05) is 12.0 Å². The molecule has 0 atom stereocenters. The average molecular weight is 235 g/mol. The number of carbonyl (C=O) groups is 1. The van der Waals surface area contributed by atoms with Crippen molar-refractivity contribution in [1.82, 2.24) is 0 Å². The predicted molar refractivity (Wildman–Crippen MR) is 69.7 cm³/mol. The molecule has 0 aliphatic heterocycles. The molecule has 0 amide bonds. The Morgan fingerprint density at radius 3 is 2.41 bits per heavy atom. The summed E-state index contributed by atoms with van der Waals surface area (Å²) in [5, 5.41) is 0. The maximum Gasteiger partial charge on any atom is 0.168 e. The van der Waals surface area contributed by atoms with E-state index in [1.54, 1.807) is 7.11 Å². The molecule has 0 aromatic heterocycles. The Morgan fingerprint density at radius 2 is 1.94 bits per heavy atom. The minimum atomic E-state index is -0.501. The maximum atomic E-state index is 12.2. The summed E-state index contributed by atoms with van der Waals surface area (Å²) in [6.45, 7) is 7.60. The summed E-state index contributed by atoms with van der Waals surface area (Å²) >= 11 is 0. The van der Waals surface area contributed by atoms with E-state index in [0.717, 1.165) is 11.1 Å². The lowest BCUT2D eigenvalue weighted by molar-refractivity contribution is 0.0956. The molecule has 17 heavy (non-hydrogen) atoms. The van der Waals surface area contributed by atoms with Crippen LogP contribution in [0.2, 0.25) is 0 Å². The molecule has 0 spiro atoms. The maximum absolute atomic E-state index is 12.2. The van der Waals surface area contributed by atoms with Crippen molar-refractivity contribution in [2.45, 2.75) is 39.7 Å². The van der Waals surface area contributed by atoms with Crippen LogP contribution >= 0.6 is 0 Å². The first-order chi connectivity index (χ1) is 7.74. The van der Waals surface area contributed by atoms with Crippen LogP contribution in [0, 0.1) is 13.8 Å². The molecule has 1 aromatic carbocycles. The lowest BCUT2D eigenvalue weighted by atomic mass is 9.92. The first-order valence-electron chi connectivity index (χ1n) is 5.72. The van der Waals surface area contributed by atoms with E-state index in [0.29, 0.717) is 17.7 Å². The van der Waals surface area contributed by atoms with E-state index in [1.165, 1.54) is 0 Å². The topological polar surface area (TPSA) is 52.3 Å². The molecular weight excluding hydrogens is 214 g/mol. The fraction of sp³-hybridized carbons (Fsp3) is 0.500. The number of aryl methyl sites for hydroxylation is 2. The summed E-state index contributed by atoms with van der Waals surface area (Å²) in [5.74, 6) is 0.670. The second-order valence-corrected chi connectivity index (χ2v) is 5.25. The van der Waals surface area contributed by atoms with Crippen molar-refractivity contribution in [3.8, 4) is 5.75 Å². The zero-order valence-corrected chi connectivity index (χ0v) is 11.3. The molecule has 2 N–H and O–H groups in total.